The second-order valence-electron chi connectivity index (χ2n) is 9.32. The fraction of sp³-hybridized carbons (Fsp3) is 0.696. The molecule has 0 radical (unpaired) electrons. The zero-order valence-electron chi connectivity index (χ0n) is 18.4. The highest BCUT2D eigenvalue weighted by atomic mass is 32.2. The summed E-state index contributed by atoms with van der Waals surface area (Å²) in [6.07, 6.45) is 7.27. The Balaban J connectivity index is 1.31. The molecular weight excluding hydrogens is 432 g/mol. The fourth-order valence-corrected chi connectivity index (χ4v) is 7.13. The maximum absolute atomic E-state index is 12.2. The molecule has 2 atom stereocenters. The topological polar surface area (TPSA) is 114 Å². The zero-order valence-corrected chi connectivity index (χ0v) is 19.2. The van der Waals surface area contributed by atoms with Gasteiger partial charge < -0.3 is 19.9 Å². The molecule has 178 valence electrons. The largest absolute Gasteiger partial charge is 0.482 e. The van der Waals surface area contributed by atoms with Crippen molar-refractivity contribution in [2.75, 3.05) is 25.5 Å². The summed E-state index contributed by atoms with van der Waals surface area (Å²) in [5, 5.41) is 12.4. The van der Waals surface area contributed by atoms with E-state index in [9.17, 15) is 13.2 Å². The molecule has 3 N–H and O–H groups in total. The number of ether oxygens (including phenoxy) is 2. The van der Waals surface area contributed by atoms with Crippen molar-refractivity contribution in [1.82, 2.24) is 10.0 Å². The van der Waals surface area contributed by atoms with E-state index in [0.717, 1.165) is 57.1 Å². The van der Waals surface area contributed by atoms with Crippen molar-refractivity contribution in [3.05, 3.63) is 29.8 Å². The lowest BCUT2D eigenvalue weighted by Gasteiger charge is -2.47. The van der Waals surface area contributed by atoms with Crippen LogP contribution in [0, 0.1) is 0 Å². The van der Waals surface area contributed by atoms with Gasteiger partial charge in [0.25, 0.3) is 0 Å². The van der Waals surface area contributed by atoms with Crippen LogP contribution in [0.15, 0.2) is 24.3 Å². The van der Waals surface area contributed by atoms with Crippen molar-refractivity contribution in [3.8, 4) is 5.75 Å². The Morgan fingerprint density at radius 1 is 1.12 bits per heavy atom. The van der Waals surface area contributed by atoms with Gasteiger partial charge in [0, 0.05) is 6.04 Å². The summed E-state index contributed by atoms with van der Waals surface area (Å²) >= 11 is 0. The zero-order chi connectivity index (χ0) is 22.6. The first kappa shape index (κ1) is 23.5. The maximum atomic E-state index is 12.2. The van der Waals surface area contributed by atoms with Crippen LogP contribution in [0.5, 0.6) is 5.75 Å². The van der Waals surface area contributed by atoms with Crippen LogP contribution >= 0.6 is 0 Å². The molecule has 1 spiro atoms. The third kappa shape index (κ3) is 5.62. The summed E-state index contributed by atoms with van der Waals surface area (Å²) in [5.41, 5.74) is 0.643. The molecule has 3 fully saturated rings. The van der Waals surface area contributed by atoms with Crippen LogP contribution in [0.4, 0.5) is 0 Å². The SMILES string of the molecule is O=C(O)COc1ccccc1C1CCC(OCC2NCCCC23CCCS(=O)(=O)N3)CC1. The van der Waals surface area contributed by atoms with Gasteiger partial charge in [0.05, 0.1) is 24.0 Å². The first-order valence-corrected chi connectivity index (χ1v) is 13.3. The van der Waals surface area contributed by atoms with Crippen molar-refractivity contribution in [3.63, 3.8) is 0 Å². The molecule has 4 rings (SSSR count). The minimum absolute atomic E-state index is 0.00538. The normalized spacial score (nSPS) is 32.4. The number of aliphatic carboxylic acids is 1. The van der Waals surface area contributed by atoms with Gasteiger partial charge in [0.1, 0.15) is 5.75 Å². The maximum Gasteiger partial charge on any atom is 0.341 e. The average Bonchev–Trinajstić information content (AvgIpc) is 2.77. The van der Waals surface area contributed by atoms with E-state index >= 15 is 0 Å². The minimum Gasteiger partial charge on any atom is -0.482 e. The number of benzene rings is 1. The van der Waals surface area contributed by atoms with E-state index in [0.29, 0.717) is 24.7 Å². The highest BCUT2D eigenvalue weighted by molar-refractivity contribution is 7.89. The van der Waals surface area contributed by atoms with Gasteiger partial charge in [-0.2, -0.15) is 0 Å². The number of carboxylic acids is 1. The Hall–Kier alpha value is -1.68. The third-order valence-corrected chi connectivity index (χ3v) is 8.68. The number of para-hydroxylation sites is 1. The Morgan fingerprint density at radius 2 is 1.88 bits per heavy atom. The highest BCUT2D eigenvalue weighted by Gasteiger charge is 2.46. The van der Waals surface area contributed by atoms with Crippen LogP contribution in [0.25, 0.3) is 0 Å². The van der Waals surface area contributed by atoms with E-state index in [1.165, 1.54) is 0 Å². The number of sulfonamides is 1. The van der Waals surface area contributed by atoms with E-state index < -0.39 is 21.5 Å². The van der Waals surface area contributed by atoms with Gasteiger partial charge in [-0.3, -0.25) is 0 Å². The summed E-state index contributed by atoms with van der Waals surface area (Å²) in [4.78, 5) is 10.9. The number of nitrogens with one attached hydrogen (secondary N) is 2. The average molecular weight is 467 g/mol. The molecule has 2 unspecified atom stereocenters. The summed E-state index contributed by atoms with van der Waals surface area (Å²) in [5.74, 6) is 0.205. The Labute approximate surface area is 190 Å². The van der Waals surface area contributed by atoms with Gasteiger partial charge in [-0.25, -0.2) is 17.9 Å². The molecule has 9 heteroatoms. The van der Waals surface area contributed by atoms with E-state index in [-0.39, 0.29) is 24.5 Å². The lowest BCUT2D eigenvalue weighted by molar-refractivity contribution is -0.139. The number of piperidine rings is 1. The molecule has 32 heavy (non-hydrogen) atoms. The van der Waals surface area contributed by atoms with Crippen LogP contribution in [-0.2, 0) is 19.6 Å². The van der Waals surface area contributed by atoms with Gasteiger partial charge >= 0.3 is 5.97 Å². The van der Waals surface area contributed by atoms with Gasteiger partial charge in [0.15, 0.2) is 6.61 Å². The van der Waals surface area contributed by atoms with Crippen molar-refractivity contribution in [1.29, 1.82) is 0 Å². The smallest absolute Gasteiger partial charge is 0.341 e. The first-order valence-electron chi connectivity index (χ1n) is 11.7. The number of carboxylic acid groups (broad SMARTS) is 1. The van der Waals surface area contributed by atoms with Gasteiger partial charge in [-0.15, -0.1) is 0 Å². The first-order chi connectivity index (χ1) is 15.4. The monoisotopic (exact) mass is 466 g/mol. The molecule has 0 bridgehead atoms. The van der Waals surface area contributed by atoms with Crippen LogP contribution in [-0.4, -0.2) is 62.7 Å². The number of rotatable bonds is 7. The predicted molar refractivity (Wildman–Crippen MR) is 120 cm³/mol. The van der Waals surface area contributed by atoms with Crippen LogP contribution in [0.1, 0.15) is 62.8 Å². The van der Waals surface area contributed by atoms with Crippen LogP contribution in [0.2, 0.25) is 0 Å². The van der Waals surface area contributed by atoms with Crippen LogP contribution < -0.4 is 14.8 Å². The Kier molecular flexibility index (Phi) is 7.39. The third-order valence-electron chi connectivity index (χ3n) is 7.13. The highest BCUT2D eigenvalue weighted by Crippen LogP contribution is 2.39. The van der Waals surface area contributed by atoms with E-state index in [1.54, 1.807) is 0 Å². The lowest BCUT2D eigenvalue weighted by atomic mass is 9.79. The van der Waals surface area contributed by atoms with Crippen LogP contribution in [0.3, 0.4) is 0 Å². The molecule has 2 aliphatic heterocycles. The molecule has 3 aliphatic rings. The Morgan fingerprint density at radius 3 is 2.62 bits per heavy atom. The summed E-state index contributed by atoms with van der Waals surface area (Å²) in [6.45, 7) is 1.06. The summed E-state index contributed by atoms with van der Waals surface area (Å²) in [7, 11) is -3.21. The molecule has 0 amide bonds. The van der Waals surface area contributed by atoms with E-state index in [2.05, 4.69) is 10.0 Å². The number of hydrogen-bond donors (Lipinski definition) is 3. The van der Waals surface area contributed by atoms with Crippen molar-refractivity contribution < 1.29 is 27.8 Å². The lowest BCUT2D eigenvalue weighted by Crippen LogP contribution is -2.67. The van der Waals surface area contributed by atoms with Gasteiger partial charge in [-0.1, -0.05) is 18.2 Å². The molecule has 2 heterocycles. The fourth-order valence-electron chi connectivity index (χ4n) is 5.54. The Bertz CT molecular complexity index is 896. The number of hydrogen-bond acceptors (Lipinski definition) is 6. The molecule has 1 aromatic carbocycles. The molecule has 0 aromatic heterocycles. The van der Waals surface area contributed by atoms with E-state index in [4.69, 9.17) is 14.6 Å². The van der Waals surface area contributed by atoms with Crippen molar-refractivity contribution in [2.24, 2.45) is 0 Å². The second-order valence-corrected chi connectivity index (χ2v) is 11.2. The van der Waals surface area contributed by atoms with Gasteiger partial charge in [-0.05, 0) is 75.5 Å². The van der Waals surface area contributed by atoms with E-state index in [1.807, 2.05) is 24.3 Å². The summed E-state index contributed by atoms with van der Waals surface area (Å²) < 4.78 is 39.2. The second kappa shape index (κ2) is 10.1. The quantitative estimate of drug-likeness (QED) is 0.565. The molecule has 1 aromatic rings. The number of carbonyl (C=O) groups is 1. The summed E-state index contributed by atoms with van der Waals surface area (Å²) in [6, 6.07) is 7.68. The molecule has 8 nitrogen and oxygen atoms in total. The molecular formula is C23H34N2O6S. The molecule has 1 aliphatic carbocycles. The molecule has 1 saturated carbocycles. The van der Waals surface area contributed by atoms with Crippen molar-refractivity contribution in [2.45, 2.75) is 75.0 Å². The van der Waals surface area contributed by atoms with Crippen molar-refractivity contribution >= 4 is 16.0 Å². The predicted octanol–water partition coefficient (Wildman–Crippen LogP) is 2.40. The molecule has 2 saturated heterocycles. The standard InChI is InChI=1S/C23H34N2O6S/c26-22(27)16-31-20-6-2-1-5-19(20)17-7-9-18(10-8-17)30-15-21-23(11-3-13-24-21)12-4-14-32(28,29)25-23/h1-2,5-6,17-18,21,24-25H,3-4,7-16H2,(H,26,27). The van der Waals surface area contributed by atoms with Gasteiger partial charge in [0.2, 0.25) is 10.0 Å². The minimum atomic E-state index is -3.21.